The Morgan fingerprint density at radius 2 is 2.06 bits per heavy atom. The van der Waals surface area contributed by atoms with Gasteiger partial charge in [0, 0.05) is 25.7 Å². The minimum absolute atomic E-state index is 0.00801. The van der Waals surface area contributed by atoms with Gasteiger partial charge in [-0.1, -0.05) is 30.3 Å². The molecule has 2 rings (SSSR count). The van der Waals surface area contributed by atoms with Crippen LogP contribution in [0.5, 0.6) is 0 Å². The number of hydrogen-bond acceptors (Lipinski definition) is 7. The van der Waals surface area contributed by atoms with Crippen LogP contribution >= 0.6 is 11.8 Å². The molecule has 31 heavy (non-hydrogen) atoms. The smallest absolute Gasteiger partial charge is 0.328 e. The summed E-state index contributed by atoms with van der Waals surface area (Å²) in [7, 11) is 1.32. The Bertz CT molecular complexity index is 719. The summed E-state index contributed by atoms with van der Waals surface area (Å²) in [4.78, 5) is 40.9. The first-order chi connectivity index (χ1) is 15.0. The molecular weight excluding hydrogens is 416 g/mol. The molecule has 1 aliphatic heterocycles. The molecule has 9 heteroatoms. The molecular formula is C22H34N4O4S. The Kier molecular flexibility index (Phi) is 10.8. The van der Waals surface area contributed by atoms with Crippen LogP contribution in [0.25, 0.3) is 0 Å². The lowest BCUT2D eigenvalue weighted by Gasteiger charge is -2.31. The summed E-state index contributed by atoms with van der Waals surface area (Å²) < 4.78 is 4.84. The predicted molar refractivity (Wildman–Crippen MR) is 122 cm³/mol. The van der Waals surface area contributed by atoms with E-state index in [-0.39, 0.29) is 30.9 Å². The molecule has 2 atom stereocenters. The molecule has 0 aliphatic carbocycles. The topological polar surface area (TPSA) is 105 Å². The first-order valence-electron chi connectivity index (χ1n) is 10.6. The molecule has 8 nitrogen and oxygen atoms in total. The maximum Gasteiger partial charge on any atom is 0.328 e. The quantitative estimate of drug-likeness (QED) is 0.455. The summed E-state index contributed by atoms with van der Waals surface area (Å²) in [6, 6.07) is 9.26. The Morgan fingerprint density at radius 3 is 2.71 bits per heavy atom. The van der Waals surface area contributed by atoms with E-state index in [9.17, 15) is 14.4 Å². The number of carbonyl (C=O) groups is 3. The fraction of sp³-hybridized carbons (Fsp3) is 0.591. The molecule has 1 aliphatic rings. The lowest BCUT2D eigenvalue weighted by atomic mass is 10.1. The minimum atomic E-state index is -0.662. The number of ether oxygens (including phenoxy) is 1. The average molecular weight is 451 g/mol. The molecule has 1 heterocycles. The molecule has 0 unspecified atom stereocenters. The second kappa shape index (κ2) is 13.3. The monoisotopic (exact) mass is 450 g/mol. The van der Waals surface area contributed by atoms with E-state index in [1.54, 1.807) is 11.8 Å². The van der Waals surface area contributed by atoms with Gasteiger partial charge < -0.3 is 20.7 Å². The normalized spacial score (nSPS) is 16.9. The van der Waals surface area contributed by atoms with Gasteiger partial charge in [0.15, 0.2) is 0 Å². The number of nitrogens with two attached hydrogens (primary N) is 1. The van der Waals surface area contributed by atoms with Crippen molar-refractivity contribution in [3.63, 3.8) is 0 Å². The summed E-state index contributed by atoms with van der Waals surface area (Å²) in [6.45, 7) is 1.96. The number of amides is 2. The number of methoxy groups -OCH3 is 1. The van der Waals surface area contributed by atoms with E-state index in [0.29, 0.717) is 26.1 Å². The van der Waals surface area contributed by atoms with Crippen LogP contribution in [0.3, 0.4) is 0 Å². The zero-order valence-corrected chi connectivity index (χ0v) is 19.2. The maximum atomic E-state index is 12.8. The zero-order valence-electron chi connectivity index (χ0n) is 18.4. The zero-order chi connectivity index (χ0) is 22.6. The van der Waals surface area contributed by atoms with Gasteiger partial charge in [-0.3, -0.25) is 14.5 Å². The molecule has 0 radical (unpaired) electrons. The average Bonchev–Trinajstić information content (AvgIpc) is 3.24. The van der Waals surface area contributed by atoms with Gasteiger partial charge >= 0.3 is 5.97 Å². The molecule has 0 saturated carbocycles. The van der Waals surface area contributed by atoms with Crippen LogP contribution in [0.2, 0.25) is 0 Å². The number of nitrogens with zero attached hydrogens (tertiary/aromatic N) is 2. The van der Waals surface area contributed by atoms with Crippen molar-refractivity contribution in [2.24, 2.45) is 5.73 Å². The second-order valence-corrected chi connectivity index (χ2v) is 8.65. The van der Waals surface area contributed by atoms with Crippen LogP contribution in [0, 0.1) is 0 Å². The predicted octanol–water partition coefficient (Wildman–Crippen LogP) is 0.849. The van der Waals surface area contributed by atoms with E-state index < -0.39 is 12.0 Å². The molecule has 1 aromatic rings. The summed E-state index contributed by atoms with van der Waals surface area (Å²) in [5, 5.41) is 2.82. The van der Waals surface area contributed by atoms with Gasteiger partial charge in [-0.25, -0.2) is 4.79 Å². The number of thioether (sulfide) groups is 1. The van der Waals surface area contributed by atoms with E-state index in [2.05, 4.69) is 5.32 Å². The fourth-order valence-electron chi connectivity index (χ4n) is 3.87. The van der Waals surface area contributed by atoms with Crippen molar-refractivity contribution in [1.82, 2.24) is 15.1 Å². The van der Waals surface area contributed by atoms with Crippen molar-refractivity contribution >= 4 is 29.5 Å². The van der Waals surface area contributed by atoms with Crippen LogP contribution in [-0.4, -0.2) is 85.0 Å². The number of nitrogens with one attached hydrogen (secondary N) is 1. The van der Waals surface area contributed by atoms with Crippen LogP contribution in [0.15, 0.2) is 30.3 Å². The summed E-state index contributed by atoms with van der Waals surface area (Å²) in [5.41, 5.74) is 6.65. The van der Waals surface area contributed by atoms with Crippen LogP contribution in [-0.2, 0) is 25.7 Å². The number of hydrogen-bond donors (Lipinski definition) is 2. The van der Waals surface area contributed by atoms with Gasteiger partial charge in [-0.05, 0) is 36.8 Å². The van der Waals surface area contributed by atoms with E-state index in [4.69, 9.17) is 10.5 Å². The SMILES string of the molecule is COC(=O)[C@H](CCSC)NC(=O)CN(Cc1ccccc1)C[C@@H]1CCCN1C(=O)CN. The molecule has 0 aromatic heterocycles. The summed E-state index contributed by atoms with van der Waals surface area (Å²) >= 11 is 1.61. The first kappa shape index (κ1) is 25.2. The summed E-state index contributed by atoms with van der Waals surface area (Å²) in [5.74, 6) is 0.00975. The second-order valence-electron chi connectivity index (χ2n) is 7.67. The maximum absolute atomic E-state index is 12.8. The highest BCUT2D eigenvalue weighted by Gasteiger charge is 2.30. The largest absolute Gasteiger partial charge is 0.467 e. The third-order valence-electron chi connectivity index (χ3n) is 5.39. The Labute approximate surface area is 188 Å². The number of rotatable bonds is 12. The molecule has 0 bridgehead atoms. The Hall–Kier alpha value is -2.10. The van der Waals surface area contributed by atoms with Crippen molar-refractivity contribution in [3.8, 4) is 0 Å². The molecule has 0 spiro atoms. The molecule has 172 valence electrons. The van der Waals surface area contributed by atoms with Gasteiger partial charge in [0.05, 0.1) is 20.2 Å². The van der Waals surface area contributed by atoms with Crippen molar-refractivity contribution < 1.29 is 19.1 Å². The summed E-state index contributed by atoms with van der Waals surface area (Å²) in [6.07, 6.45) is 4.28. The lowest BCUT2D eigenvalue weighted by Crippen LogP contribution is -2.49. The van der Waals surface area contributed by atoms with Crippen molar-refractivity contribution in [3.05, 3.63) is 35.9 Å². The van der Waals surface area contributed by atoms with E-state index in [1.165, 1.54) is 7.11 Å². The highest BCUT2D eigenvalue weighted by atomic mass is 32.2. The number of carbonyl (C=O) groups excluding carboxylic acids is 3. The lowest BCUT2D eigenvalue weighted by molar-refractivity contribution is -0.145. The van der Waals surface area contributed by atoms with Gasteiger partial charge in [-0.15, -0.1) is 0 Å². The number of esters is 1. The van der Waals surface area contributed by atoms with E-state index >= 15 is 0 Å². The molecule has 1 saturated heterocycles. The number of benzene rings is 1. The molecule has 1 fully saturated rings. The van der Waals surface area contributed by atoms with E-state index in [1.807, 2.05) is 46.4 Å². The first-order valence-corrected chi connectivity index (χ1v) is 12.0. The van der Waals surface area contributed by atoms with Crippen LogP contribution in [0.1, 0.15) is 24.8 Å². The molecule has 2 amide bonds. The molecule has 1 aromatic carbocycles. The third kappa shape index (κ3) is 8.16. The van der Waals surface area contributed by atoms with E-state index in [0.717, 1.165) is 24.2 Å². The highest BCUT2D eigenvalue weighted by Crippen LogP contribution is 2.19. The minimum Gasteiger partial charge on any atom is -0.467 e. The van der Waals surface area contributed by atoms with Crippen LogP contribution < -0.4 is 11.1 Å². The standard InChI is InChI=1S/C22H34N4O4S/c1-30-22(29)19(10-12-31-2)24-20(27)16-25(14-17-7-4-3-5-8-17)15-18-9-6-11-26(18)21(28)13-23/h3-5,7-8,18-19H,6,9-16,23H2,1-2H3,(H,24,27)/t18-,19-/m0/s1. The van der Waals surface area contributed by atoms with Gasteiger partial charge in [-0.2, -0.15) is 11.8 Å². The molecule has 3 N–H and O–H groups in total. The van der Waals surface area contributed by atoms with Crippen molar-refractivity contribution in [2.45, 2.75) is 37.9 Å². The van der Waals surface area contributed by atoms with Gasteiger partial charge in [0.25, 0.3) is 0 Å². The van der Waals surface area contributed by atoms with Gasteiger partial charge in [0.2, 0.25) is 11.8 Å². The fourth-order valence-corrected chi connectivity index (χ4v) is 4.34. The Balaban J connectivity index is 2.07. The third-order valence-corrected chi connectivity index (χ3v) is 6.03. The highest BCUT2D eigenvalue weighted by molar-refractivity contribution is 7.98. The van der Waals surface area contributed by atoms with Crippen molar-refractivity contribution in [2.75, 3.05) is 45.3 Å². The Morgan fingerprint density at radius 1 is 1.32 bits per heavy atom. The van der Waals surface area contributed by atoms with Gasteiger partial charge in [0.1, 0.15) is 6.04 Å². The van der Waals surface area contributed by atoms with Crippen molar-refractivity contribution in [1.29, 1.82) is 0 Å². The number of likely N-dealkylation sites (tertiary alicyclic amines) is 1. The van der Waals surface area contributed by atoms with Crippen LogP contribution in [0.4, 0.5) is 0 Å².